The van der Waals surface area contributed by atoms with Gasteiger partial charge in [0.1, 0.15) is 19.0 Å². The van der Waals surface area contributed by atoms with E-state index in [9.17, 15) is 12.8 Å². The average molecular weight is 413 g/mol. The Bertz CT molecular complexity index is 1110. The first kappa shape index (κ1) is 19.3. The van der Waals surface area contributed by atoms with Gasteiger partial charge in [-0.05, 0) is 48.9 Å². The third-order valence-corrected chi connectivity index (χ3v) is 6.43. The van der Waals surface area contributed by atoms with Crippen LogP contribution in [-0.2, 0) is 16.6 Å². The summed E-state index contributed by atoms with van der Waals surface area (Å²) in [5.74, 6) is 0.559. The highest BCUT2D eigenvalue weighted by molar-refractivity contribution is 7.92. The molecule has 0 spiro atoms. The highest BCUT2D eigenvalue weighted by atomic mass is 32.2. The average Bonchev–Trinajstić information content (AvgIpc) is 2.73. The Morgan fingerprint density at radius 1 is 0.897 bits per heavy atom. The fourth-order valence-electron chi connectivity index (χ4n) is 3.09. The zero-order chi connectivity index (χ0) is 20.4. The molecule has 7 heteroatoms. The van der Waals surface area contributed by atoms with Crippen molar-refractivity contribution in [2.45, 2.75) is 18.4 Å². The highest BCUT2D eigenvalue weighted by Gasteiger charge is 2.27. The molecule has 1 heterocycles. The predicted molar refractivity (Wildman–Crippen MR) is 108 cm³/mol. The van der Waals surface area contributed by atoms with Gasteiger partial charge in [-0.1, -0.05) is 29.8 Å². The Morgan fingerprint density at radius 2 is 1.55 bits per heavy atom. The van der Waals surface area contributed by atoms with Crippen LogP contribution < -0.4 is 13.8 Å². The van der Waals surface area contributed by atoms with Gasteiger partial charge in [-0.3, -0.25) is 4.31 Å². The maximum atomic E-state index is 13.5. The number of anilines is 1. The third-order valence-electron chi connectivity index (χ3n) is 4.66. The van der Waals surface area contributed by atoms with Crippen LogP contribution in [0.1, 0.15) is 11.1 Å². The van der Waals surface area contributed by atoms with E-state index in [0.29, 0.717) is 36.0 Å². The summed E-state index contributed by atoms with van der Waals surface area (Å²) < 4.78 is 52.7. The van der Waals surface area contributed by atoms with Gasteiger partial charge in [0.25, 0.3) is 10.0 Å². The van der Waals surface area contributed by atoms with Crippen LogP contribution in [0.5, 0.6) is 11.5 Å². The minimum Gasteiger partial charge on any atom is -0.486 e. The number of halogens is 1. The third kappa shape index (κ3) is 4.05. The summed E-state index contributed by atoms with van der Waals surface area (Å²) in [6, 6.07) is 17.6. The van der Waals surface area contributed by atoms with E-state index in [-0.39, 0.29) is 17.3 Å². The molecule has 0 radical (unpaired) electrons. The number of benzene rings is 3. The fraction of sp³-hybridized carbons (Fsp3) is 0.182. The number of sulfonamides is 1. The van der Waals surface area contributed by atoms with E-state index in [4.69, 9.17) is 9.47 Å². The first-order valence-electron chi connectivity index (χ1n) is 9.17. The van der Waals surface area contributed by atoms with E-state index in [1.165, 1.54) is 28.6 Å². The van der Waals surface area contributed by atoms with Crippen LogP contribution in [0, 0.1) is 12.7 Å². The monoisotopic (exact) mass is 413 g/mol. The summed E-state index contributed by atoms with van der Waals surface area (Å²) in [6.07, 6.45) is 0. The van der Waals surface area contributed by atoms with Gasteiger partial charge in [-0.25, -0.2) is 12.8 Å². The zero-order valence-electron chi connectivity index (χ0n) is 15.8. The van der Waals surface area contributed by atoms with Crippen molar-refractivity contribution in [3.8, 4) is 11.5 Å². The second kappa shape index (κ2) is 7.75. The molecule has 0 saturated heterocycles. The molecular weight excluding hydrogens is 393 g/mol. The van der Waals surface area contributed by atoms with Gasteiger partial charge in [0.15, 0.2) is 11.5 Å². The largest absolute Gasteiger partial charge is 0.486 e. The minimum absolute atomic E-state index is 0.0696. The van der Waals surface area contributed by atoms with Crippen LogP contribution in [0.25, 0.3) is 0 Å². The quantitative estimate of drug-likeness (QED) is 0.626. The van der Waals surface area contributed by atoms with Crippen LogP contribution >= 0.6 is 0 Å². The number of aryl methyl sites for hydroxylation is 1. The normalized spacial score (nSPS) is 13.2. The lowest BCUT2D eigenvalue weighted by Gasteiger charge is -2.26. The maximum Gasteiger partial charge on any atom is 0.264 e. The molecule has 0 atom stereocenters. The Balaban J connectivity index is 1.76. The summed E-state index contributed by atoms with van der Waals surface area (Å²) in [4.78, 5) is 0.101. The van der Waals surface area contributed by atoms with Gasteiger partial charge in [0, 0.05) is 6.07 Å². The van der Waals surface area contributed by atoms with E-state index in [1.807, 2.05) is 19.1 Å². The molecule has 1 aliphatic heterocycles. The van der Waals surface area contributed by atoms with Gasteiger partial charge in [-0.15, -0.1) is 0 Å². The first-order valence-corrected chi connectivity index (χ1v) is 10.6. The maximum absolute atomic E-state index is 13.5. The minimum atomic E-state index is -3.90. The molecule has 4 rings (SSSR count). The SMILES string of the molecule is Cc1ccc(N(Cc2ccc(F)cc2)S(=O)(=O)c2ccc3c(c2)OCCO3)cc1. The van der Waals surface area contributed by atoms with Crippen LogP contribution in [-0.4, -0.2) is 21.6 Å². The van der Waals surface area contributed by atoms with E-state index < -0.39 is 10.0 Å². The molecule has 0 N–H and O–H groups in total. The molecular formula is C22H20FNO4S. The van der Waals surface area contributed by atoms with Crippen molar-refractivity contribution in [3.63, 3.8) is 0 Å². The summed E-state index contributed by atoms with van der Waals surface area (Å²) in [6.45, 7) is 2.80. The molecule has 150 valence electrons. The summed E-state index contributed by atoms with van der Waals surface area (Å²) in [7, 11) is -3.90. The number of nitrogens with zero attached hydrogens (tertiary/aromatic N) is 1. The van der Waals surface area contributed by atoms with Crippen molar-refractivity contribution in [1.82, 2.24) is 0 Å². The fourth-order valence-corrected chi connectivity index (χ4v) is 4.56. The molecule has 5 nitrogen and oxygen atoms in total. The smallest absolute Gasteiger partial charge is 0.264 e. The van der Waals surface area contributed by atoms with E-state index in [2.05, 4.69) is 0 Å². The van der Waals surface area contributed by atoms with Crippen molar-refractivity contribution >= 4 is 15.7 Å². The number of rotatable bonds is 5. The van der Waals surface area contributed by atoms with Crippen molar-refractivity contribution in [2.75, 3.05) is 17.5 Å². The molecule has 3 aromatic rings. The Labute approximate surface area is 169 Å². The van der Waals surface area contributed by atoms with E-state index >= 15 is 0 Å². The predicted octanol–water partition coefficient (Wildman–Crippen LogP) is 4.30. The van der Waals surface area contributed by atoms with Crippen molar-refractivity contribution in [3.05, 3.63) is 83.7 Å². The molecule has 1 aliphatic rings. The Hall–Kier alpha value is -3.06. The zero-order valence-corrected chi connectivity index (χ0v) is 16.7. The molecule has 0 saturated carbocycles. The molecule has 0 amide bonds. The highest BCUT2D eigenvalue weighted by Crippen LogP contribution is 2.34. The van der Waals surface area contributed by atoms with Gasteiger partial charge < -0.3 is 9.47 Å². The Morgan fingerprint density at radius 3 is 2.24 bits per heavy atom. The topological polar surface area (TPSA) is 55.8 Å². The second-order valence-corrected chi connectivity index (χ2v) is 8.64. The molecule has 3 aromatic carbocycles. The van der Waals surface area contributed by atoms with Gasteiger partial charge >= 0.3 is 0 Å². The molecule has 0 aromatic heterocycles. The summed E-state index contributed by atoms with van der Waals surface area (Å²) in [5, 5.41) is 0. The van der Waals surface area contributed by atoms with Crippen LogP contribution in [0.15, 0.2) is 71.6 Å². The number of fused-ring (bicyclic) bond motifs is 1. The van der Waals surface area contributed by atoms with Crippen molar-refractivity contribution in [1.29, 1.82) is 0 Å². The van der Waals surface area contributed by atoms with Gasteiger partial charge in [0.2, 0.25) is 0 Å². The first-order chi connectivity index (χ1) is 13.9. The standard InChI is InChI=1S/C22H20FNO4S/c1-16-2-8-19(9-3-16)24(15-17-4-6-18(23)7-5-17)29(25,26)20-10-11-21-22(14-20)28-13-12-27-21/h2-11,14H,12-13,15H2,1H3. The second-order valence-electron chi connectivity index (χ2n) is 6.78. The van der Waals surface area contributed by atoms with E-state index in [0.717, 1.165) is 5.56 Å². The molecule has 0 fully saturated rings. The van der Waals surface area contributed by atoms with Crippen LogP contribution in [0.2, 0.25) is 0 Å². The van der Waals surface area contributed by atoms with Crippen LogP contribution in [0.4, 0.5) is 10.1 Å². The van der Waals surface area contributed by atoms with Gasteiger partial charge in [-0.2, -0.15) is 0 Å². The number of hydrogen-bond acceptors (Lipinski definition) is 4. The van der Waals surface area contributed by atoms with E-state index in [1.54, 1.807) is 30.3 Å². The summed E-state index contributed by atoms with van der Waals surface area (Å²) >= 11 is 0. The van der Waals surface area contributed by atoms with Gasteiger partial charge in [0.05, 0.1) is 17.1 Å². The van der Waals surface area contributed by atoms with Crippen molar-refractivity contribution < 1.29 is 22.3 Å². The van der Waals surface area contributed by atoms with Crippen LogP contribution in [0.3, 0.4) is 0 Å². The molecule has 0 bridgehead atoms. The lowest BCUT2D eigenvalue weighted by atomic mass is 10.2. The summed E-state index contributed by atoms with van der Waals surface area (Å²) in [5.41, 5.74) is 2.22. The molecule has 29 heavy (non-hydrogen) atoms. The lowest BCUT2D eigenvalue weighted by Crippen LogP contribution is -2.30. The number of hydrogen-bond donors (Lipinski definition) is 0. The van der Waals surface area contributed by atoms with Crippen molar-refractivity contribution in [2.24, 2.45) is 0 Å². The lowest BCUT2D eigenvalue weighted by molar-refractivity contribution is 0.171. The Kier molecular flexibility index (Phi) is 5.15. The molecule has 0 unspecified atom stereocenters. The molecule has 0 aliphatic carbocycles. The number of ether oxygens (including phenoxy) is 2.